The van der Waals surface area contributed by atoms with Gasteiger partial charge in [0.15, 0.2) is 6.10 Å². The highest BCUT2D eigenvalue weighted by Crippen LogP contribution is 2.23. The fraction of sp³-hybridized carbons (Fsp3) is 0.696. The largest absolute Gasteiger partial charge is 0.396 e. The van der Waals surface area contributed by atoms with Gasteiger partial charge in [0.05, 0.1) is 18.3 Å². The van der Waals surface area contributed by atoms with Crippen molar-refractivity contribution in [2.75, 3.05) is 20.2 Å². The molecular weight excluding hydrogens is 1330 g/mol. The third-order valence-electron chi connectivity index (χ3n) is 18.0. The zero-order chi connectivity index (χ0) is 77.0. The Morgan fingerprint density at radius 1 is 0.608 bits per heavy atom. The van der Waals surface area contributed by atoms with Crippen LogP contribution in [-0.2, 0) is 73.5 Å². The zero-order valence-corrected chi connectivity index (χ0v) is 60.8. The summed E-state index contributed by atoms with van der Waals surface area (Å²) in [5, 5.41) is 78.0. The summed E-state index contributed by atoms with van der Waals surface area (Å²) < 4.78 is 0. The number of benzene rings is 1. The molecule has 2 aliphatic heterocycles. The van der Waals surface area contributed by atoms with Crippen molar-refractivity contribution >= 4 is 88.4 Å². The van der Waals surface area contributed by atoms with Crippen LogP contribution in [0.3, 0.4) is 0 Å². The molecular formula is C69H112N14O19. The predicted molar refractivity (Wildman–Crippen MR) is 373 cm³/mol. The molecule has 16 atom stereocenters. The second-order valence-corrected chi connectivity index (χ2v) is 27.7. The van der Waals surface area contributed by atoms with Gasteiger partial charge in [-0.2, -0.15) is 0 Å². The van der Waals surface area contributed by atoms with E-state index in [9.17, 15) is 92.7 Å². The van der Waals surface area contributed by atoms with Gasteiger partial charge in [0.2, 0.25) is 70.9 Å². The monoisotopic (exact) mass is 1440 g/mol. The molecule has 33 heteroatoms. The van der Waals surface area contributed by atoms with Gasteiger partial charge in [-0.25, -0.2) is 4.99 Å². The van der Waals surface area contributed by atoms with Gasteiger partial charge >= 0.3 is 0 Å². The van der Waals surface area contributed by atoms with E-state index in [2.05, 4.69) is 52.8 Å². The maximum absolute atomic E-state index is 14.8. The average Bonchev–Trinajstić information content (AvgIpc) is 1.36. The molecule has 5 unspecified atom stereocenters. The Morgan fingerprint density at radius 2 is 1.18 bits per heavy atom. The van der Waals surface area contributed by atoms with Crippen LogP contribution >= 0.6 is 0 Å². The van der Waals surface area contributed by atoms with E-state index in [1.807, 2.05) is 6.92 Å². The summed E-state index contributed by atoms with van der Waals surface area (Å²) in [5.41, 5.74) is 10.9. The molecule has 102 heavy (non-hydrogen) atoms. The van der Waals surface area contributed by atoms with E-state index < -0.39 is 235 Å². The van der Waals surface area contributed by atoms with Crippen molar-refractivity contribution in [3.05, 3.63) is 35.9 Å². The van der Waals surface area contributed by atoms with Gasteiger partial charge in [0.25, 0.3) is 11.8 Å². The summed E-state index contributed by atoms with van der Waals surface area (Å²) in [6.45, 7) is 16.0. The summed E-state index contributed by atoms with van der Waals surface area (Å²) in [6.07, 6.45) is -5.99. The fourth-order valence-electron chi connectivity index (χ4n) is 11.9. The number of likely N-dealkylation sites (N-methyl/N-ethyl adjacent to an activating group) is 1. The average molecular weight is 1440 g/mol. The fourth-order valence-corrected chi connectivity index (χ4v) is 11.9. The molecule has 0 aliphatic carbocycles. The number of primary amides is 2. The molecule has 0 spiro atoms. The molecule has 18 N–H and O–H groups in total. The second kappa shape index (κ2) is 42.8. The van der Waals surface area contributed by atoms with Crippen LogP contribution in [0.4, 0.5) is 0 Å². The Kier molecular flexibility index (Phi) is 36.8. The van der Waals surface area contributed by atoms with Crippen molar-refractivity contribution in [2.45, 2.75) is 263 Å². The number of amides is 14. The number of nitrogens with one attached hydrogen (secondary N) is 9. The minimum atomic E-state index is -2.56. The maximum Gasteiger partial charge on any atom is 0.271 e. The standard InChI is InChI=1S/C69H112N14O19/c1-13-15-16-17-21-25-42-34-49(88)77-50(36(5)6)63(96)80-53(56(89)37(7)8)65(98)73-43(29-31-84)59(92)75-45(32-35(3)4)60(93)74-44(27-28-48(70)87)68(101)82(12)55(38(9)14-2)67(100)81-54(57(90)58(71)91)66(99)79-52(40(11)86)69(102)83-30-22-26-47(83)62(95)76-46(33-41-23-19-18-20-24-41)61(94)78-51(39(10)85)64(97)72-42/h18-20,23-24,35-40,42,44-47,50-57,84-86,89-90H,13-17,21-22,25-34H2,1-12H3,(H2,70,87)(H2,71,91)(H,72,97)(H,74,93)(H,75,92)(H,76,95)(H,77,88)(H,78,94)(H,79,99)(H,80,96)(H,81,100)/t38?,39-,40+,42?,44+,45+,46+,47+,50-,51+,52+,53?,54?,55+,56+,57?/m1/s1. The van der Waals surface area contributed by atoms with Crippen LogP contribution < -0.4 is 59.3 Å². The van der Waals surface area contributed by atoms with E-state index in [0.717, 1.165) is 43.0 Å². The summed E-state index contributed by atoms with van der Waals surface area (Å²) >= 11 is 0. The van der Waals surface area contributed by atoms with Crippen LogP contribution in [0, 0.1) is 23.7 Å². The van der Waals surface area contributed by atoms with E-state index in [4.69, 9.17) is 11.5 Å². The van der Waals surface area contributed by atoms with Gasteiger partial charge in [-0.3, -0.25) is 67.1 Å². The van der Waals surface area contributed by atoms with Crippen LogP contribution in [-0.4, -0.2) is 235 Å². The first-order valence-corrected chi connectivity index (χ1v) is 35.3. The van der Waals surface area contributed by atoms with Crippen molar-refractivity contribution in [1.29, 1.82) is 0 Å². The van der Waals surface area contributed by atoms with Gasteiger partial charge in [-0.15, -0.1) is 0 Å². The highest BCUT2D eigenvalue weighted by atomic mass is 16.3. The number of aliphatic hydroxyl groups is 5. The van der Waals surface area contributed by atoms with E-state index in [-0.39, 0.29) is 45.1 Å². The second-order valence-electron chi connectivity index (χ2n) is 27.7. The number of fused-ring (bicyclic) bond motifs is 1. The van der Waals surface area contributed by atoms with Gasteiger partial charge < -0.3 is 94.7 Å². The third kappa shape index (κ3) is 27.0. The molecule has 0 saturated carbocycles. The van der Waals surface area contributed by atoms with Crippen molar-refractivity contribution in [3.63, 3.8) is 0 Å². The Hall–Kier alpha value is -8.53. The quantitative estimate of drug-likeness (QED) is 0.0464. The van der Waals surface area contributed by atoms with Crippen molar-refractivity contribution in [3.8, 4) is 0 Å². The highest BCUT2D eigenvalue weighted by Gasteiger charge is 2.45. The Balaban J connectivity index is 2.36. The lowest BCUT2D eigenvalue weighted by molar-refractivity contribution is -0.148. The number of aliphatic hydroxyl groups excluding tert-OH is 5. The lowest BCUT2D eigenvalue weighted by atomic mass is 9.95. The molecule has 1 fully saturated rings. The van der Waals surface area contributed by atoms with Crippen molar-refractivity contribution < 1.29 is 92.7 Å². The molecule has 1 aromatic rings. The molecule has 14 amide bonds. The van der Waals surface area contributed by atoms with Gasteiger partial charge in [0, 0.05) is 51.9 Å². The highest BCUT2D eigenvalue weighted by molar-refractivity contribution is 6.41. The molecule has 2 aliphatic rings. The van der Waals surface area contributed by atoms with Crippen molar-refractivity contribution in [1.82, 2.24) is 57.7 Å². The molecule has 0 radical (unpaired) electrons. The number of nitrogens with zero attached hydrogens (tertiary/aromatic N) is 3. The van der Waals surface area contributed by atoms with E-state index in [0.29, 0.717) is 18.4 Å². The van der Waals surface area contributed by atoms with Crippen molar-refractivity contribution in [2.24, 2.45) is 40.1 Å². The summed E-state index contributed by atoms with van der Waals surface area (Å²) in [6, 6.07) is -9.99. The Bertz CT molecular complexity index is 3080. The SMILES string of the molecule is CCCCCCCC1CC(=O)N[C@H](C(C)C)C(=O)NC([C@@H](O)C(C)C)C(=O)N=C(CCO)C(=O)N[C@@H](CC(C)C)C(=O)N[C@@H](CCC(N)=O)C(=O)N(C)[C@@H](C(C)CC)C(=O)NC(C(O)C(N)=O)C(=O)N[C@@H]([C@H](C)O)C(=O)N2CCC[C@H]2C(=O)N[C@@H](Cc2ccccc2)C(=O)N[C@@H]([C@@H](C)O)C(=O)N1. The number of unbranched alkanes of at least 4 members (excludes halogenated alkanes) is 4. The molecule has 3 rings (SSSR count). The molecule has 1 aromatic carbocycles. The summed E-state index contributed by atoms with van der Waals surface area (Å²) in [4.78, 5) is 205. The van der Waals surface area contributed by atoms with Crippen LogP contribution in [0.5, 0.6) is 0 Å². The number of carbonyl (C=O) groups is 14. The minimum Gasteiger partial charge on any atom is -0.396 e. The lowest BCUT2D eigenvalue weighted by Gasteiger charge is -2.36. The smallest absolute Gasteiger partial charge is 0.271 e. The summed E-state index contributed by atoms with van der Waals surface area (Å²) in [5.74, 6) is -18.2. The Labute approximate surface area is 596 Å². The van der Waals surface area contributed by atoms with Crippen LogP contribution in [0.2, 0.25) is 0 Å². The van der Waals surface area contributed by atoms with E-state index in [1.54, 1.807) is 65.0 Å². The lowest BCUT2D eigenvalue weighted by Crippen LogP contribution is -2.65. The van der Waals surface area contributed by atoms with E-state index in [1.165, 1.54) is 27.7 Å². The van der Waals surface area contributed by atoms with Gasteiger partial charge in [0.1, 0.15) is 66.1 Å². The molecule has 2 heterocycles. The minimum absolute atomic E-state index is 0.0282. The first-order valence-electron chi connectivity index (χ1n) is 35.3. The first-order chi connectivity index (χ1) is 47.9. The van der Waals surface area contributed by atoms with Crippen LogP contribution in [0.25, 0.3) is 0 Å². The molecule has 33 nitrogen and oxygen atoms in total. The third-order valence-corrected chi connectivity index (χ3v) is 18.0. The normalized spacial score (nSPS) is 26.2. The first kappa shape index (κ1) is 87.7. The number of hydrogen-bond acceptors (Lipinski definition) is 19. The summed E-state index contributed by atoms with van der Waals surface area (Å²) in [7, 11) is 1.13. The zero-order valence-electron chi connectivity index (χ0n) is 60.8. The molecule has 1 saturated heterocycles. The number of carbonyl (C=O) groups excluding carboxylic acids is 14. The number of hydrogen-bond donors (Lipinski definition) is 16. The number of nitrogens with two attached hydrogens (primary N) is 2. The topological polar surface area (TPSA) is 519 Å². The predicted octanol–water partition coefficient (Wildman–Crippen LogP) is -2.84. The van der Waals surface area contributed by atoms with Crippen LogP contribution in [0.1, 0.15) is 172 Å². The number of aliphatic imine (C=N–C) groups is 1. The van der Waals surface area contributed by atoms with Gasteiger partial charge in [-0.1, -0.05) is 131 Å². The Morgan fingerprint density at radius 3 is 1.74 bits per heavy atom. The molecule has 0 bridgehead atoms. The van der Waals surface area contributed by atoms with Gasteiger partial charge in [-0.05, 0) is 75.2 Å². The molecule has 0 aromatic heterocycles. The van der Waals surface area contributed by atoms with E-state index >= 15 is 0 Å². The van der Waals surface area contributed by atoms with Crippen LogP contribution in [0.15, 0.2) is 35.3 Å². The number of rotatable bonds is 24. The molecule has 572 valence electrons. The maximum atomic E-state index is 14.8.